The highest BCUT2D eigenvalue weighted by molar-refractivity contribution is 5.48. The highest BCUT2D eigenvalue weighted by Crippen LogP contribution is 2.32. The van der Waals surface area contributed by atoms with E-state index in [0.29, 0.717) is 18.2 Å². The van der Waals surface area contributed by atoms with Crippen LogP contribution in [0.1, 0.15) is 25.5 Å². The maximum absolute atomic E-state index is 12.7. The number of halogens is 3. The Bertz CT molecular complexity index is 433. The van der Waals surface area contributed by atoms with E-state index in [1.807, 2.05) is 4.90 Å². The van der Waals surface area contributed by atoms with Gasteiger partial charge in [-0.2, -0.15) is 13.2 Å². The molecule has 2 heterocycles. The van der Waals surface area contributed by atoms with Crippen LogP contribution in [0.4, 0.5) is 18.9 Å². The molecule has 1 aromatic heterocycles. The molecule has 1 aliphatic rings. The molecule has 0 spiro atoms. The maximum atomic E-state index is 12.7. The molecule has 1 fully saturated rings. The van der Waals surface area contributed by atoms with Crippen LogP contribution >= 0.6 is 0 Å². The van der Waals surface area contributed by atoms with Crippen molar-refractivity contribution in [2.24, 2.45) is 11.7 Å². The molecule has 6 heteroatoms. The molecule has 0 aliphatic carbocycles. The van der Waals surface area contributed by atoms with Gasteiger partial charge in [-0.05, 0) is 30.9 Å². The lowest BCUT2D eigenvalue weighted by Crippen LogP contribution is -2.46. The number of hydrogen-bond donors (Lipinski definition) is 1. The van der Waals surface area contributed by atoms with E-state index >= 15 is 0 Å². The average Bonchev–Trinajstić information content (AvgIpc) is 2.37. The second-order valence-electron chi connectivity index (χ2n) is 5.11. The lowest BCUT2D eigenvalue weighted by Gasteiger charge is -2.39. The zero-order valence-electron chi connectivity index (χ0n) is 10.8. The number of anilines is 1. The highest BCUT2D eigenvalue weighted by Gasteiger charge is 2.34. The predicted octanol–water partition coefficient (Wildman–Crippen LogP) is 2.66. The van der Waals surface area contributed by atoms with Crippen LogP contribution in [-0.2, 0) is 6.18 Å². The summed E-state index contributed by atoms with van der Waals surface area (Å²) in [5.41, 5.74) is 5.45. The molecule has 2 atom stereocenters. The summed E-state index contributed by atoms with van der Waals surface area (Å²) < 4.78 is 38.0. The first-order valence-corrected chi connectivity index (χ1v) is 6.41. The van der Waals surface area contributed by atoms with E-state index in [9.17, 15) is 13.2 Å². The first kappa shape index (κ1) is 14.1. The van der Waals surface area contributed by atoms with Crippen molar-refractivity contribution in [3.8, 4) is 0 Å². The van der Waals surface area contributed by atoms with Gasteiger partial charge in [-0.3, -0.25) is 4.98 Å². The van der Waals surface area contributed by atoms with Crippen LogP contribution in [0.25, 0.3) is 0 Å². The summed E-state index contributed by atoms with van der Waals surface area (Å²) >= 11 is 0. The van der Waals surface area contributed by atoms with Gasteiger partial charge in [0.1, 0.15) is 5.69 Å². The van der Waals surface area contributed by atoms with E-state index < -0.39 is 11.9 Å². The molecule has 2 unspecified atom stereocenters. The van der Waals surface area contributed by atoms with Gasteiger partial charge in [0.15, 0.2) is 0 Å². The normalized spacial score (nSPS) is 24.6. The summed E-state index contributed by atoms with van der Waals surface area (Å²) in [4.78, 5) is 5.36. The maximum Gasteiger partial charge on any atom is 0.433 e. The Morgan fingerprint density at radius 1 is 1.47 bits per heavy atom. The SMILES string of the molecule is CC1CCN(c2ccnc(C(F)(F)F)c2)C(CN)C1. The summed E-state index contributed by atoms with van der Waals surface area (Å²) in [5.74, 6) is 0.564. The molecule has 1 saturated heterocycles. The summed E-state index contributed by atoms with van der Waals surface area (Å²) in [7, 11) is 0. The number of nitrogens with two attached hydrogens (primary N) is 1. The number of rotatable bonds is 2. The second-order valence-corrected chi connectivity index (χ2v) is 5.11. The second kappa shape index (κ2) is 5.36. The minimum atomic E-state index is -4.41. The minimum absolute atomic E-state index is 0.104. The number of pyridine rings is 1. The third kappa shape index (κ3) is 3.18. The van der Waals surface area contributed by atoms with Crippen LogP contribution in [0.15, 0.2) is 18.3 Å². The smallest absolute Gasteiger partial charge is 0.367 e. The summed E-state index contributed by atoms with van der Waals surface area (Å²) in [6.45, 7) is 3.34. The molecule has 2 rings (SSSR count). The van der Waals surface area contributed by atoms with Crippen molar-refractivity contribution in [3.63, 3.8) is 0 Å². The van der Waals surface area contributed by atoms with E-state index in [1.54, 1.807) is 6.07 Å². The number of aromatic nitrogens is 1. The lowest BCUT2D eigenvalue weighted by molar-refractivity contribution is -0.141. The minimum Gasteiger partial charge on any atom is -0.367 e. The Kier molecular flexibility index (Phi) is 3.99. The Labute approximate surface area is 110 Å². The van der Waals surface area contributed by atoms with Crippen LogP contribution in [0, 0.1) is 5.92 Å². The third-order valence-electron chi connectivity index (χ3n) is 3.62. The quantitative estimate of drug-likeness (QED) is 0.900. The van der Waals surface area contributed by atoms with Gasteiger partial charge < -0.3 is 10.6 Å². The molecular formula is C13H18F3N3. The topological polar surface area (TPSA) is 42.2 Å². The average molecular weight is 273 g/mol. The zero-order valence-corrected chi connectivity index (χ0v) is 10.8. The Balaban J connectivity index is 2.25. The number of alkyl halides is 3. The van der Waals surface area contributed by atoms with Gasteiger partial charge in [0.25, 0.3) is 0 Å². The molecule has 0 amide bonds. The van der Waals surface area contributed by atoms with Gasteiger partial charge in [-0.15, -0.1) is 0 Å². The molecule has 0 saturated carbocycles. The molecule has 2 N–H and O–H groups in total. The fraction of sp³-hybridized carbons (Fsp3) is 0.615. The van der Waals surface area contributed by atoms with E-state index in [-0.39, 0.29) is 6.04 Å². The van der Waals surface area contributed by atoms with Crippen molar-refractivity contribution >= 4 is 5.69 Å². The van der Waals surface area contributed by atoms with E-state index in [4.69, 9.17) is 5.73 Å². The zero-order chi connectivity index (χ0) is 14.0. The molecule has 0 radical (unpaired) electrons. The Morgan fingerprint density at radius 3 is 2.84 bits per heavy atom. The van der Waals surface area contributed by atoms with Crippen LogP contribution in [-0.4, -0.2) is 24.1 Å². The fourth-order valence-electron chi connectivity index (χ4n) is 2.57. The van der Waals surface area contributed by atoms with Gasteiger partial charge in [0.05, 0.1) is 0 Å². The van der Waals surface area contributed by atoms with E-state index in [2.05, 4.69) is 11.9 Å². The van der Waals surface area contributed by atoms with Crippen molar-refractivity contribution < 1.29 is 13.2 Å². The van der Waals surface area contributed by atoms with Gasteiger partial charge in [0, 0.05) is 31.0 Å². The standard InChI is InChI=1S/C13H18F3N3/c1-9-3-5-19(11(6-9)8-17)10-2-4-18-12(7-10)13(14,15)16/h2,4,7,9,11H,3,5-6,8,17H2,1H3. The van der Waals surface area contributed by atoms with Gasteiger partial charge in [-0.25, -0.2) is 0 Å². The summed E-state index contributed by atoms with van der Waals surface area (Å²) in [5, 5.41) is 0. The van der Waals surface area contributed by atoms with Crippen molar-refractivity contribution in [1.82, 2.24) is 4.98 Å². The molecule has 0 aromatic carbocycles. The van der Waals surface area contributed by atoms with Crippen LogP contribution in [0.2, 0.25) is 0 Å². The predicted molar refractivity (Wildman–Crippen MR) is 67.8 cm³/mol. The van der Waals surface area contributed by atoms with Gasteiger partial charge >= 0.3 is 6.18 Å². The number of hydrogen-bond acceptors (Lipinski definition) is 3. The first-order valence-electron chi connectivity index (χ1n) is 6.41. The van der Waals surface area contributed by atoms with Crippen LogP contribution in [0.5, 0.6) is 0 Å². The van der Waals surface area contributed by atoms with Crippen molar-refractivity contribution in [3.05, 3.63) is 24.0 Å². The van der Waals surface area contributed by atoms with Crippen LogP contribution < -0.4 is 10.6 Å². The van der Waals surface area contributed by atoms with Gasteiger partial charge in [-0.1, -0.05) is 6.92 Å². The molecule has 0 bridgehead atoms. The molecule has 106 valence electrons. The van der Waals surface area contributed by atoms with E-state index in [1.165, 1.54) is 6.20 Å². The monoisotopic (exact) mass is 273 g/mol. The van der Waals surface area contributed by atoms with E-state index in [0.717, 1.165) is 25.5 Å². The lowest BCUT2D eigenvalue weighted by atomic mass is 9.92. The molecular weight excluding hydrogens is 255 g/mol. The van der Waals surface area contributed by atoms with Crippen LogP contribution in [0.3, 0.4) is 0 Å². The molecule has 1 aliphatic heterocycles. The van der Waals surface area contributed by atoms with Crippen molar-refractivity contribution in [2.45, 2.75) is 32.0 Å². The number of piperidine rings is 1. The van der Waals surface area contributed by atoms with Gasteiger partial charge in [0.2, 0.25) is 0 Å². The third-order valence-corrected chi connectivity index (χ3v) is 3.62. The summed E-state index contributed by atoms with van der Waals surface area (Å²) in [6, 6.07) is 2.83. The molecule has 19 heavy (non-hydrogen) atoms. The Hall–Kier alpha value is -1.30. The molecule has 1 aromatic rings. The fourth-order valence-corrected chi connectivity index (χ4v) is 2.57. The van der Waals surface area contributed by atoms with Crippen molar-refractivity contribution in [1.29, 1.82) is 0 Å². The van der Waals surface area contributed by atoms with Crippen molar-refractivity contribution in [2.75, 3.05) is 18.0 Å². The first-order chi connectivity index (χ1) is 8.91. The number of nitrogens with zero attached hydrogens (tertiary/aromatic N) is 2. The molecule has 3 nitrogen and oxygen atoms in total. The largest absolute Gasteiger partial charge is 0.433 e. The summed E-state index contributed by atoms with van der Waals surface area (Å²) in [6.07, 6.45) is -1.30. The highest BCUT2D eigenvalue weighted by atomic mass is 19.4. The Morgan fingerprint density at radius 2 is 2.21 bits per heavy atom.